The van der Waals surface area contributed by atoms with Crippen molar-refractivity contribution in [2.45, 2.75) is 32.7 Å². The molecule has 0 radical (unpaired) electrons. The number of hydrogen-bond donors (Lipinski definition) is 1. The lowest BCUT2D eigenvalue weighted by atomic mass is 9.91. The molecule has 1 aromatic rings. The zero-order valence-corrected chi connectivity index (χ0v) is 11.0. The lowest BCUT2D eigenvalue weighted by molar-refractivity contribution is 0.363. The maximum atomic E-state index is 13.5. The Morgan fingerprint density at radius 2 is 2.12 bits per heavy atom. The summed E-state index contributed by atoms with van der Waals surface area (Å²) in [6.07, 6.45) is 2.34. The van der Waals surface area contributed by atoms with Gasteiger partial charge in [0.15, 0.2) is 0 Å². The number of nitrogen functional groups attached to an aromatic ring is 1. The maximum absolute atomic E-state index is 13.5. The molecular weight excluding hydrogens is 239 g/mol. The van der Waals surface area contributed by atoms with Gasteiger partial charge < -0.3 is 10.6 Å². The van der Waals surface area contributed by atoms with Gasteiger partial charge in [0.2, 0.25) is 0 Å². The SMILES string of the molecule is CC1CCCN(c2cc(F)c(Cl)cc2N)C1C. The quantitative estimate of drug-likeness (QED) is 0.777. The number of benzene rings is 1. The van der Waals surface area contributed by atoms with Crippen LogP contribution >= 0.6 is 11.6 Å². The van der Waals surface area contributed by atoms with E-state index in [1.807, 2.05) is 0 Å². The first kappa shape index (κ1) is 12.5. The second kappa shape index (κ2) is 4.73. The summed E-state index contributed by atoms with van der Waals surface area (Å²) in [6, 6.07) is 3.33. The molecule has 0 saturated carbocycles. The predicted octanol–water partition coefficient (Wildman–Crippen LogP) is 3.69. The van der Waals surface area contributed by atoms with Crippen molar-refractivity contribution in [1.29, 1.82) is 0 Å². The Balaban J connectivity index is 2.36. The minimum Gasteiger partial charge on any atom is -0.397 e. The highest BCUT2D eigenvalue weighted by Gasteiger charge is 2.26. The minimum absolute atomic E-state index is 0.0870. The van der Waals surface area contributed by atoms with Crippen LogP contribution in [0.3, 0.4) is 0 Å². The lowest BCUT2D eigenvalue weighted by Gasteiger charge is -2.40. The highest BCUT2D eigenvalue weighted by atomic mass is 35.5. The summed E-state index contributed by atoms with van der Waals surface area (Å²) < 4.78 is 13.5. The van der Waals surface area contributed by atoms with Crippen LogP contribution in [0.25, 0.3) is 0 Å². The summed E-state index contributed by atoms with van der Waals surface area (Å²) in [6.45, 7) is 5.31. The van der Waals surface area contributed by atoms with E-state index >= 15 is 0 Å². The molecule has 1 heterocycles. The number of nitrogens with two attached hydrogens (primary N) is 1. The standard InChI is InChI=1S/C13H18ClFN2/c1-8-4-3-5-17(9(8)2)13-7-11(15)10(14)6-12(13)16/h6-9H,3-5,16H2,1-2H3. The van der Waals surface area contributed by atoms with E-state index in [9.17, 15) is 4.39 Å². The van der Waals surface area contributed by atoms with Gasteiger partial charge in [0.25, 0.3) is 0 Å². The Labute approximate surface area is 107 Å². The van der Waals surface area contributed by atoms with Gasteiger partial charge in [-0.2, -0.15) is 0 Å². The molecule has 17 heavy (non-hydrogen) atoms. The molecule has 1 aliphatic heterocycles. The first-order chi connectivity index (χ1) is 8.00. The summed E-state index contributed by atoms with van der Waals surface area (Å²) >= 11 is 5.72. The van der Waals surface area contributed by atoms with E-state index in [2.05, 4.69) is 18.7 Å². The third kappa shape index (κ3) is 2.34. The number of hydrogen-bond acceptors (Lipinski definition) is 2. The minimum atomic E-state index is -0.402. The molecule has 1 aliphatic rings. The Morgan fingerprint density at radius 1 is 1.41 bits per heavy atom. The molecule has 1 aromatic carbocycles. The van der Waals surface area contributed by atoms with Crippen molar-refractivity contribution in [1.82, 2.24) is 0 Å². The highest BCUT2D eigenvalue weighted by Crippen LogP contribution is 2.34. The van der Waals surface area contributed by atoms with Gasteiger partial charge in [0.05, 0.1) is 16.4 Å². The van der Waals surface area contributed by atoms with Crippen LogP contribution < -0.4 is 10.6 Å². The van der Waals surface area contributed by atoms with Gasteiger partial charge in [-0.3, -0.25) is 0 Å². The van der Waals surface area contributed by atoms with Crippen molar-refractivity contribution in [3.05, 3.63) is 23.0 Å². The summed E-state index contributed by atoms with van der Waals surface area (Å²) in [7, 11) is 0. The maximum Gasteiger partial charge on any atom is 0.144 e. The second-order valence-electron chi connectivity index (χ2n) is 4.88. The Bertz CT molecular complexity index is 422. The van der Waals surface area contributed by atoms with Gasteiger partial charge in [-0.05, 0) is 31.7 Å². The molecule has 94 valence electrons. The van der Waals surface area contributed by atoms with Crippen LogP contribution in [0.4, 0.5) is 15.8 Å². The Kier molecular flexibility index (Phi) is 3.48. The molecule has 2 nitrogen and oxygen atoms in total. The topological polar surface area (TPSA) is 29.3 Å². The predicted molar refractivity (Wildman–Crippen MR) is 71.0 cm³/mol. The summed E-state index contributed by atoms with van der Waals surface area (Å²) in [5.41, 5.74) is 7.26. The zero-order valence-electron chi connectivity index (χ0n) is 10.2. The number of halogens is 2. The van der Waals surface area contributed by atoms with E-state index in [0.29, 0.717) is 17.6 Å². The third-order valence-corrected chi connectivity index (χ3v) is 4.04. The second-order valence-corrected chi connectivity index (χ2v) is 5.29. The highest BCUT2D eigenvalue weighted by molar-refractivity contribution is 6.31. The van der Waals surface area contributed by atoms with E-state index in [1.165, 1.54) is 18.6 Å². The Hall–Kier alpha value is -0.960. The van der Waals surface area contributed by atoms with E-state index in [4.69, 9.17) is 17.3 Å². The molecule has 1 fully saturated rings. The first-order valence-corrected chi connectivity index (χ1v) is 6.39. The van der Waals surface area contributed by atoms with Crippen LogP contribution in [0.2, 0.25) is 5.02 Å². The van der Waals surface area contributed by atoms with Crippen molar-refractivity contribution in [2.75, 3.05) is 17.2 Å². The average molecular weight is 257 g/mol. The van der Waals surface area contributed by atoms with E-state index in [1.54, 1.807) is 0 Å². The normalized spacial score (nSPS) is 25.1. The van der Waals surface area contributed by atoms with Crippen molar-refractivity contribution in [3.8, 4) is 0 Å². The van der Waals surface area contributed by atoms with E-state index in [0.717, 1.165) is 18.7 Å². The summed E-state index contributed by atoms with van der Waals surface area (Å²) in [5, 5.41) is 0.0870. The molecule has 0 amide bonds. The van der Waals surface area contributed by atoms with Gasteiger partial charge in [-0.15, -0.1) is 0 Å². The van der Waals surface area contributed by atoms with Crippen LogP contribution in [-0.4, -0.2) is 12.6 Å². The zero-order chi connectivity index (χ0) is 12.6. The smallest absolute Gasteiger partial charge is 0.144 e. The molecule has 0 bridgehead atoms. The van der Waals surface area contributed by atoms with Crippen LogP contribution in [0.15, 0.2) is 12.1 Å². The number of nitrogens with zero attached hydrogens (tertiary/aromatic N) is 1. The monoisotopic (exact) mass is 256 g/mol. The lowest BCUT2D eigenvalue weighted by Crippen LogP contribution is -2.42. The largest absolute Gasteiger partial charge is 0.397 e. The molecule has 4 heteroatoms. The Morgan fingerprint density at radius 3 is 2.82 bits per heavy atom. The van der Waals surface area contributed by atoms with E-state index in [-0.39, 0.29) is 5.02 Å². The van der Waals surface area contributed by atoms with Crippen molar-refractivity contribution < 1.29 is 4.39 Å². The fourth-order valence-electron chi connectivity index (χ4n) is 2.48. The molecule has 2 atom stereocenters. The van der Waals surface area contributed by atoms with Crippen LogP contribution in [0.1, 0.15) is 26.7 Å². The molecule has 2 rings (SSSR count). The summed E-state index contributed by atoms with van der Waals surface area (Å²) in [4.78, 5) is 2.18. The fraction of sp³-hybridized carbons (Fsp3) is 0.538. The first-order valence-electron chi connectivity index (χ1n) is 6.02. The molecular formula is C13H18ClFN2. The van der Waals surface area contributed by atoms with Crippen LogP contribution in [0.5, 0.6) is 0 Å². The van der Waals surface area contributed by atoms with Gasteiger partial charge >= 0.3 is 0 Å². The summed E-state index contributed by atoms with van der Waals surface area (Å²) in [5.74, 6) is 0.197. The molecule has 2 unspecified atom stereocenters. The van der Waals surface area contributed by atoms with Gasteiger partial charge in [-0.25, -0.2) is 4.39 Å². The average Bonchev–Trinajstić information content (AvgIpc) is 2.28. The van der Waals surface area contributed by atoms with Gasteiger partial charge in [0, 0.05) is 18.7 Å². The molecule has 0 aromatic heterocycles. The molecule has 0 spiro atoms. The third-order valence-electron chi connectivity index (χ3n) is 3.75. The molecule has 2 N–H and O–H groups in total. The van der Waals surface area contributed by atoms with Crippen LogP contribution in [-0.2, 0) is 0 Å². The van der Waals surface area contributed by atoms with Crippen molar-refractivity contribution in [2.24, 2.45) is 5.92 Å². The number of rotatable bonds is 1. The number of anilines is 2. The van der Waals surface area contributed by atoms with E-state index < -0.39 is 5.82 Å². The number of piperidine rings is 1. The van der Waals surface area contributed by atoms with Crippen molar-refractivity contribution in [3.63, 3.8) is 0 Å². The fourth-order valence-corrected chi connectivity index (χ4v) is 2.65. The molecule has 1 saturated heterocycles. The molecule has 0 aliphatic carbocycles. The van der Waals surface area contributed by atoms with Crippen LogP contribution in [0, 0.1) is 11.7 Å². The van der Waals surface area contributed by atoms with Crippen molar-refractivity contribution >= 4 is 23.0 Å². The van der Waals surface area contributed by atoms with Gasteiger partial charge in [0.1, 0.15) is 5.82 Å². The van der Waals surface area contributed by atoms with Gasteiger partial charge in [-0.1, -0.05) is 18.5 Å².